The van der Waals surface area contributed by atoms with Crippen molar-refractivity contribution in [2.75, 3.05) is 7.05 Å². The molecular weight excluding hydrogens is 250 g/mol. The quantitative estimate of drug-likeness (QED) is 0.869. The van der Waals surface area contributed by atoms with Gasteiger partial charge in [0.05, 0.1) is 0 Å². The average molecular weight is 270 g/mol. The number of benzene rings is 1. The molecular formula is C13H20BrN. The Hall–Kier alpha value is -0.340. The maximum absolute atomic E-state index is 3.62. The van der Waals surface area contributed by atoms with Crippen molar-refractivity contribution in [3.8, 4) is 0 Å². The molecule has 0 aliphatic rings. The molecule has 0 aliphatic carbocycles. The van der Waals surface area contributed by atoms with E-state index in [1.54, 1.807) is 0 Å². The van der Waals surface area contributed by atoms with Crippen LogP contribution in [0.1, 0.15) is 37.4 Å². The number of halogens is 1. The van der Waals surface area contributed by atoms with Crippen molar-refractivity contribution in [3.63, 3.8) is 0 Å². The lowest BCUT2D eigenvalue weighted by Gasteiger charge is -2.20. The summed E-state index contributed by atoms with van der Waals surface area (Å²) in [5, 5.41) is 3.39. The van der Waals surface area contributed by atoms with Crippen molar-refractivity contribution in [1.29, 1.82) is 0 Å². The molecule has 0 bridgehead atoms. The van der Waals surface area contributed by atoms with E-state index in [-0.39, 0.29) is 0 Å². The lowest BCUT2D eigenvalue weighted by atomic mass is 9.96. The summed E-state index contributed by atoms with van der Waals surface area (Å²) >= 11 is 3.62. The number of aryl methyl sites for hydroxylation is 1. The van der Waals surface area contributed by atoms with Crippen LogP contribution in [-0.4, -0.2) is 7.05 Å². The second-order valence-electron chi connectivity index (χ2n) is 4.50. The van der Waals surface area contributed by atoms with Gasteiger partial charge >= 0.3 is 0 Å². The molecule has 0 heterocycles. The molecule has 0 amide bonds. The van der Waals surface area contributed by atoms with Crippen LogP contribution in [0.25, 0.3) is 0 Å². The van der Waals surface area contributed by atoms with Crippen LogP contribution in [0, 0.1) is 12.8 Å². The summed E-state index contributed by atoms with van der Waals surface area (Å²) in [6, 6.07) is 6.97. The van der Waals surface area contributed by atoms with E-state index in [2.05, 4.69) is 60.2 Å². The molecule has 1 aromatic rings. The van der Waals surface area contributed by atoms with Crippen LogP contribution in [-0.2, 0) is 0 Å². The van der Waals surface area contributed by atoms with E-state index < -0.39 is 0 Å². The zero-order valence-electron chi connectivity index (χ0n) is 9.97. The predicted molar refractivity (Wildman–Crippen MR) is 70.1 cm³/mol. The van der Waals surface area contributed by atoms with Gasteiger partial charge in [0.15, 0.2) is 0 Å². The summed E-state index contributed by atoms with van der Waals surface area (Å²) in [6.07, 6.45) is 1.17. The Morgan fingerprint density at radius 1 is 1.33 bits per heavy atom. The van der Waals surface area contributed by atoms with Gasteiger partial charge in [-0.15, -0.1) is 0 Å². The molecule has 1 unspecified atom stereocenters. The van der Waals surface area contributed by atoms with E-state index in [4.69, 9.17) is 0 Å². The molecule has 1 nitrogen and oxygen atoms in total. The van der Waals surface area contributed by atoms with Crippen LogP contribution in [0.5, 0.6) is 0 Å². The summed E-state index contributed by atoms with van der Waals surface area (Å²) in [7, 11) is 2.03. The molecule has 0 aromatic heterocycles. The third-order valence-corrected chi connectivity index (χ3v) is 3.30. The van der Waals surface area contributed by atoms with Crippen molar-refractivity contribution >= 4 is 15.9 Å². The van der Waals surface area contributed by atoms with Crippen molar-refractivity contribution in [1.82, 2.24) is 5.32 Å². The minimum Gasteiger partial charge on any atom is -0.313 e. The number of hydrogen-bond donors (Lipinski definition) is 1. The fourth-order valence-electron chi connectivity index (χ4n) is 1.80. The summed E-state index contributed by atoms with van der Waals surface area (Å²) in [5.41, 5.74) is 2.68. The van der Waals surface area contributed by atoms with E-state index in [1.165, 1.54) is 22.0 Å². The van der Waals surface area contributed by atoms with E-state index in [0.29, 0.717) is 12.0 Å². The monoisotopic (exact) mass is 269 g/mol. The lowest BCUT2D eigenvalue weighted by Crippen LogP contribution is -2.18. The summed E-state index contributed by atoms with van der Waals surface area (Å²) in [6.45, 7) is 6.65. The second kappa shape index (κ2) is 5.66. The fraction of sp³-hybridized carbons (Fsp3) is 0.538. The van der Waals surface area contributed by atoms with Gasteiger partial charge in [0.2, 0.25) is 0 Å². The van der Waals surface area contributed by atoms with Gasteiger partial charge in [-0.25, -0.2) is 0 Å². The topological polar surface area (TPSA) is 12.0 Å². The molecule has 1 rings (SSSR count). The summed E-state index contributed by atoms with van der Waals surface area (Å²) < 4.78 is 1.20. The van der Waals surface area contributed by atoms with Gasteiger partial charge in [-0.1, -0.05) is 47.5 Å². The number of nitrogens with one attached hydrogen (secondary N) is 1. The molecule has 1 aromatic carbocycles. The Labute approximate surface area is 101 Å². The molecule has 2 heteroatoms. The van der Waals surface area contributed by atoms with Crippen LogP contribution in [0.2, 0.25) is 0 Å². The second-order valence-corrected chi connectivity index (χ2v) is 5.35. The van der Waals surface area contributed by atoms with Gasteiger partial charge in [0.25, 0.3) is 0 Å². The van der Waals surface area contributed by atoms with E-state index in [1.807, 2.05) is 7.05 Å². The molecule has 0 spiro atoms. The largest absolute Gasteiger partial charge is 0.313 e. The normalized spacial score (nSPS) is 13.2. The van der Waals surface area contributed by atoms with Gasteiger partial charge in [-0.3, -0.25) is 0 Å². The smallest absolute Gasteiger partial charge is 0.0331 e. The van der Waals surface area contributed by atoms with Crippen LogP contribution >= 0.6 is 15.9 Å². The first-order valence-corrected chi connectivity index (χ1v) is 6.27. The Balaban J connectivity index is 2.95. The highest BCUT2D eigenvalue weighted by Crippen LogP contribution is 2.28. The summed E-state index contributed by atoms with van der Waals surface area (Å²) in [5.74, 6) is 0.704. The minimum atomic E-state index is 0.444. The van der Waals surface area contributed by atoms with Gasteiger partial charge in [0.1, 0.15) is 0 Å². The van der Waals surface area contributed by atoms with Crippen molar-refractivity contribution in [3.05, 3.63) is 33.8 Å². The lowest BCUT2D eigenvalue weighted by molar-refractivity contribution is 0.455. The first kappa shape index (κ1) is 12.7. The van der Waals surface area contributed by atoms with Crippen molar-refractivity contribution in [2.24, 2.45) is 5.92 Å². The molecule has 1 atom stereocenters. The van der Waals surface area contributed by atoms with Crippen LogP contribution in [0.15, 0.2) is 22.7 Å². The Bertz CT molecular complexity index is 320. The zero-order chi connectivity index (χ0) is 11.4. The molecule has 0 fully saturated rings. The van der Waals surface area contributed by atoms with E-state index in [0.717, 1.165) is 0 Å². The first-order chi connectivity index (χ1) is 7.04. The van der Waals surface area contributed by atoms with Gasteiger partial charge in [-0.2, -0.15) is 0 Å². The van der Waals surface area contributed by atoms with E-state index >= 15 is 0 Å². The highest BCUT2D eigenvalue weighted by Gasteiger charge is 2.13. The van der Waals surface area contributed by atoms with Crippen LogP contribution in [0.3, 0.4) is 0 Å². The van der Waals surface area contributed by atoms with Gasteiger partial charge in [0, 0.05) is 10.5 Å². The molecule has 0 saturated carbocycles. The highest BCUT2D eigenvalue weighted by atomic mass is 79.9. The molecule has 15 heavy (non-hydrogen) atoms. The first-order valence-electron chi connectivity index (χ1n) is 5.48. The van der Waals surface area contributed by atoms with Gasteiger partial charge in [-0.05, 0) is 37.9 Å². The van der Waals surface area contributed by atoms with E-state index in [9.17, 15) is 0 Å². The highest BCUT2D eigenvalue weighted by molar-refractivity contribution is 9.10. The number of rotatable bonds is 4. The maximum Gasteiger partial charge on any atom is 0.0331 e. The standard InChI is InChI=1S/C13H20BrN/c1-9(2)7-13(15-4)11-8-10(3)5-6-12(11)14/h5-6,8-9,13,15H,7H2,1-4H3. The summed E-state index contributed by atoms with van der Waals surface area (Å²) in [4.78, 5) is 0. The SMILES string of the molecule is CNC(CC(C)C)c1cc(C)ccc1Br. The average Bonchev–Trinajstić information content (AvgIpc) is 2.18. The number of hydrogen-bond acceptors (Lipinski definition) is 1. The van der Waals surface area contributed by atoms with Gasteiger partial charge < -0.3 is 5.32 Å². The van der Waals surface area contributed by atoms with Crippen molar-refractivity contribution < 1.29 is 0 Å². The Kier molecular flexibility index (Phi) is 4.81. The molecule has 0 aliphatic heterocycles. The van der Waals surface area contributed by atoms with Crippen LogP contribution in [0.4, 0.5) is 0 Å². The Morgan fingerprint density at radius 3 is 2.53 bits per heavy atom. The Morgan fingerprint density at radius 2 is 2.00 bits per heavy atom. The van der Waals surface area contributed by atoms with Crippen LogP contribution < -0.4 is 5.32 Å². The molecule has 84 valence electrons. The maximum atomic E-state index is 3.62. The third kappa shape index (κ3) is 3.62. The third-order valence-electron chi connectivity index (χ3n) is 2.58. The molecule has 0 radical (unpaired) electrons. The fourth-order valence-corrected chi connectivity index (χ4v) is 2.32. The minimum absolute atomic E-state index is 0.444. The molecule has 0 saturated heterocycles. The zero-order valence-corrected chi connectivity index (χ0v) is 11.6. The van der Waals surface area contributed by atoms with Crippen molar-refractivity contribution in [2.45, 2.75) is 33.2 Å². The predicted octanol–water partition coefficient (Wildman–Crippen LogP) is 4.06. The molecule has 1 N–H and O–H groups in total.